The van der Waals surface area contributed by atoms with Gasteiger partial charge in [-0.2, -0.15) is 0 Å². The molecule has 21 heavy (non-hydrogen) atoms. The average molecular weight is 288 g/mol. The van der Waals surface area contributed by atoms with E-state index in [1.807, 2.05) is 0 Å². The van der Waals surface area contributed by atoms with Crippen LogP contribution in [0.5, 0.6) is 23.0 Å². The van der Waals surface area contributed by atoms with E-state index in [2.05, 4.69) is 0 Å². The van der Waals surface area contributed by atoms with Gasteiger partial charge in [0.2, 0.25) is 16.9 Å². The first-order valence-corrected chi connectivity index (χ1v) is 6.10. The Morgan fingerprint density at radius 3 is 2.38 bits per heavy atom. The highest BCUT2D eigenvalue weighted by molar-refractivity contribution is 5.95. The van der Waals surface area contributed by atoms with Gasteiger partial charge in [0.05, 0.1) is 25.0 Å². The molecular weight excluding hydrogens is 276 g/mol. The van der Waals surface area contributed by atoms with Gasteiger partial charge >= 0.3 is 0 Å². The molecule has 0 aliphatic carbocycles. The molecule has 0 atom stereocenters. The van der Waals surface area contributed by atoms with Crippen LogP contribution in [0.4, 0.5) is 0 Å². The van der Waals surface area contributed by atoms with Crippen molar-refractivity contribution in [1.29, 1.82) is 0 Å². The summed E-state index contributed by atoms with van der Waals surface area (Å²) in [6, 6.07) is 5.47. The lowest BCUT2D eigenvalue weighted by Crippen LogP contribution is -2.04. The zero-order valence-corrected chi connectivity index (χ0v) is 11.3. The molecule has 0 saturated carbocycles. The third-order valence-corrected chi connectivity index (χ3v) is 3.25. The van der Waals surface area contributed by atoms with Crippen LogP contribution in [0.25, 0.3) is 21.9 Å². The van der Waals surface area contributed by atoms with E-state index >= 15 is 0 Å². The van der Waals surface area contributed by atoms with E-state index in [0.29, 0.717) is 5.39 Å². The van der Waals surface area contributed by atoms with Crippen LogP contribution in [0.15, 0.2) is 33.5 Å². The number of fused-ring (bicyclic) bond motifs is 2. The molecule has 0 aliphatic heterocycles. The molecule has 0 fully saturated rings. The van der Waals surface area contributed by atoms with E-state index < -0.39 is 0 Å². The van der Waals surface area contributed by atoms with Crippen molar-refractivity contribution in [2.75, 3.05) is 14.2 Å². The number of ether oxygens (including phenoxy) is 2. The second-order valence-electron chi connectivity index (χ2n) is 4.45. The zero-order valence-electron chi connectivity index (χ0n) is 11.3. The summed E-state index contributed by atoms with van der Waals surface area (Å²) in [7, 11) is 2.75. The van der Waals surface area contributed by atoms with Gasteiger partial charge in [-0.15, -0.1) is 0 Å². The summed E-state index contributed by atoms with van der Waals surface area (Å²) in [5.74, 6) is -0.0375. The monoisotopic (exact) mass is 288 g/mol. The summed E-state index contributed by atoms with van der Waals surface area (Å²) in [5, 5.41) is 19.9. The fourth-order valence-corrected chi connectivity index (χ4v) is 2.30. The van der Waals surface area contributed by atoms with Gasteiger partial charge in [-0.25, -0.2) is 0 Å². The van der Waals surface area contributed by atoms with E-state index in [4.69, 9.17) is 13.9 Å². The number of phenols is 2. The molecule has 1 heterocycles. The Bertz CT molecular complexity index is 910. The predicted molar refractivity (Wildman–Crippen MR) is 76.4 cm³/mol. The third kappa shape index (κ3) is 1.84. The lowest BCUT2D eigenvalue weighted by Gasteiger charge is -2.12. The summed E-state index contributed by atoms with van der Waals surface area (Å²) >= 11 is 0. The Balaban J connectivity index is 2.57. The average Bonchev–Trinajstić information content (AvgIpc) is 2.47. The minimum Gasteiger partial charge on any atom is -0.508 e. The molecular formula is C15H12O6. The van der Waals surface area contributed by atoms with Crippen molar-refractivity contribution >= 4 is 21.9 Å². The quantitative estimate of drug-likeness (QED) is 0.704. The van der Waals surface area contributed by atoms with E-state index in [1.54, 1.807) is 0 Å². The molecule has 1 aromatic heterocycles. The van der Waals surface area contributed by atoms with Gasteiger partial charge in [0.15, 0.2) is 11.3 Å². The summed E-state index contributed by atoms with van der Waals surface area (Å²) < 4.78 is 15.9. The fraction of sp³-hybridized carbons (Fsp3) is 0.133. The number of hydrogen-bond acceptors (Lipinski definition) is 6. The second-order valence-corrected chi connectivity index (χ2v) is 4.45. The Hall–Kier alpha value is -2.89. The summed E-state index contributed by atoms with van der Waals surface area (Å²) in [4.78, 5) is 12.5. The van der Waals surface area contributed by atoms with Crippen LogP contribution in [0.3, 0.4) is 0 Å². The van der Waals surface area contributed by atoms with Crippen LogP contribution in [-0.4, -0.2) is 24.4 Å². The number of rotatable bonds is 2. The molecule has 6 nitrogen and oxygen atoms in total. The zero-order chi connectivity index (χ0) is 15.1. The number of hydrogen-bond donors (Lipinski definition) is 2. The molecule has 0 radical (unpaired) electrons. The SMILES string of the molecule is COc1c(O)cc2c(=O)c3ccc(O)cc3oc2c1OC. The molecule has 0 amide bonds. The molecule has 2 N–H and O–H groups in total. The predicted octanol–water partition coefficient (Wildman–Crippen LogP) is 2.37. The first kappa shape index (κ1) is 13.1. The number of phenolic OH excluding ortho intramolecular Hbond substituents is 2. The van der Waals surface area contributed by atoms with Crippen LogP contribution in [0, 0.1) is 0 Å². The molecule has 2 aromatic carbocycles. The van der Waals surface area contributed by atoms with Crippen LogP contribution < -0.4 is 14.9 Å². The molecule has 0 saturated heterocycles. The van der Waals surface area contributed by atoms with Gasteiger partial charge in [0.1, 0.15) is 11.3 Å². The number of benzene rings is 2. The Kier molecular flexibility index (Phi) is 2.86. The van der Waals surface area contributed by atoms with Crippen molar-refractivity contribution < 1.29 is 24.1 Å². The molecule has 6 heteroatoms. The van der Waals surface area contributed by atoms with Gasteiger partial charge < -0.3 is 24.1 Å². The molecule has 0 spiro atoms. The van der Waals surface area contributed by atoms with Crippen LogP contribution in [0.1, 0.15) is 0 Å². The van der Waals surface area contributed by atoms with Gasteiger partial charge in [0.25, 0.3) is 0 Å². The normalized spacial score (nSPS) is 11.0. The Morgan fingerprint density at radius 2 is 1.71 bits per heavy atom. The molecule has 108 valence electrons. The molecule has 3 rings (SSSR count). The molecule has 0 bridgehead atoms. The molecule has 0 unspecified atom stereocenters. The largest absolute Gasteiger partial charge is 0.508 e. The van der Waals surface area contributed by atoms with E-state index in [-0.39, 0.29) is 45.0 Å². The maximum absolute atomic E-state index is 12.5. The maximum atomic E-state index is 12.5. The van der Waals surface area contributed by atoms with Crippen molar-refractivity contribution in [3.63, 3.8) is 0 Å². The van der Waals surface area contributed by atoms with Crippen molar-refractivity contribution in [1.82, 2.24) is 0 Å². The minimum atomic E-state index is -0.331. The van der Waals surface area contributed by atoms with Crippen molar-refractivity contribution in [3.8, 4) is 23.0 Å². The van der Waals surface area contributed by atoms with Crippen LogP contribution >= 0.6 is 0 Å². The van der Waals surface area contributed by atoms with Gasteiger partial charge in [-0.05, 0) is 18.2 Å². The molecule has 0 aliphatic rings. The Labute approximate surface area is 118 Å². The van der Waals surface area contributed by atoms with Gasteiger partial charge in [-0.1, -0.05) is 0 Å². The lowest BCUT2D eigenvalue weighted by atomic mass is 10.1. The topological polar surface area (TPSA) is 89.1 Å². The van der Waals surface area contributed by atoms with Crippen molar-refractivity contribution in [3.05, 3.63) is 34.5 Å². The third-order valence-electron chi connectivity index (χ3n) is 3.25. The number of methoxy groups -OCH3 is 2. The second kappa shape index (κ2) is 4.59. The highest BCUT2D eigenvalue weighted by atomic mass is 16.5. The highest BCUT2D eigenvalue weighted by Gasteiger charge is 2.20. The van der Waals surface area contributed by atoms with Crippen molar-refractivity contribution in [2.24, 2.45) is 0 Å². The standard InChI is InChI=1S/C15H12O6/c1-19-14-10(17)6-9-12(18)8-4-3-7(16)5-11(8)21-13(9)15(14)20-2/h3-6,16-17H,1-2H3. The highest BCUT2D eigenvalue weighted by Crippen LogP contribution is 2.42. The minimum absolute atomic E-state index is 0.0188. The van der Waals surface area contributed by atoms with Gasteiger partial charge in [0, 0.05) is 6.07 Å². The molecule has 3 aromatic rings. The summed E-state index contributed by atoms with van der Waals surface area (Å²) in [6.45, 7) is 0. The Morgan fingerprint density at radius 1 is 1.00 bits per heavy atom. The summed E-state index contributed by atoms with van der Waals surface area (Å²) in [5.41, 5.74) is 0.0382. The number of aromatic hydroxyl groups is 2. The lowest BCUT2D eigenvalue weighted by molar-refractivity contribution is 0.332. The van der Waals surface area contributed by atoms with Gasteiger partial charge in [-0.3, -0.25) is 4.79 Å². The van der Waals surface area contributed by atoms with E-state index in [9.17, 15) is 15.0 Å². The van der Waals surface area contributed by atoms with E-state index in [1.165, 1.54) is 38.5 Å². The maximum Gasteiger partial charge on any atom is 0.208 e. The van der Waals surface area contributed by atoms with Crippen LogP contribution in [0.2, 0.25) is 0 Å². The van der Waals surface area contributed by atoms with E-state index in [0.717, 1.165) is 0 Å². The first-order chi connectivity index (χ1) is 10.1. The first-order valence-electron chi connectivity index (χ1n) is 6.10. The smallest absolute Gasteiger partial charge is 0.208 e. The summed E-state index contributed by atoms with van der Waals surface area (Å²) in [6.07, 6.45) is 0. The van der Waals surface area contributed by atoms with Crippen LogP contribution in [-0.2, 0) is 0 Å². The van der Waals surface area contributed by atoms with Crippen molar-refractivity contribution in [2.45, 2.75) is 0 Å². The fourth-order valence-electron chi connectivity index (χ4n) is 2.30.